The van der Waals surface area contributed by atoms with Crippen LogP contribution in [0.5, 0.6) is 0 Å². The zero-order chi connectivity index (χ0) is 22.8. The molecule has 7 nitrogen and oxygen atoms in total. The number of hydrogen-bond acceptors (Lipinski definition) is 5. The van der Waals surface area contributed by atoms with Gasteiger partial charge >= 0.3 is 0 Å². The molecule has 5 rings (SSSR count). The van der Waals surface area contributed by atoms with Crippen molar-refractivity contribution < 1.29 is 4.79 Å². The molecule has 174 valence electrons. The van der Waals surface area contributed by atoms with Gasteiger partial charge in [0.25, 0.3) is 0 Å². The highest BCUT2D eigenvalue weighted by atomic mass is 16.2. The highest BCUT2D eigenvalue weighted by molar-refractivity contribution is 5.87. The molecule has 0 spiro atoms. The first-order valence-corrected chi connectivity index (χ1v) is 12.2. The van der Waals surface area contributed by atoms with Crippen molar-refractivity contribution in [1.82, 2.24) is 25.0 Å². The molecule has 2 aliphatic rings. The summed E-state index contributed by atoms with van der Waals surface area (Å²) in [4.78, 5) is 22.5. The largest absolute Gasteiger partial charge is 0.364 e. The maximum atomic E-state index is 13.1. The predicted octanol–water partition coefficient (Wildman–Crippen LogP) is 4.01. The minimum absolute atomic E-state index is 0.181. The van der Waals surface area contributed by atoms with Gasteiger partial charge in [-0.3, -0.25) is 9.89 Å². The lowest BCUT2D eigenvalue weighted by atomic mass is 9.94. The number of piperidine rings is 1. The normalized spacial score (nSPS) is 20.1. The number of fused-ring (bicyclic) bond motifs is 1. The first-order chi connectivity index (χ1) is 16.1. The molecule has 4 heterocycles. The van der Waals surface area contributed by atoms with Crippen LogP contribution in [0.1, 0.15) is 50.3 Å². The second-order valence-corrected chi connectivity index (χ2v) is 9.72. The fourth-order valence-corrected chi connectivity index (χ4v) is 5.19. The second kappa shape index (κ2) is 9.51. The van der Waals surface area contributed by atoms with E-state index < -0.39 is 0 Å². The zero-order valence-corrected chi connectivity index (χ0v) is 19.6. The van der Waals surface area contributed by atoms with Gasteiger partial charge in [0.15, 0.2) is 11.5 Å². The van der Waals surface area contributed by atoms with Gasteiger partial charge in [0.2, 0.25) is 5.91 Å². The van der Waals surface area contributed by atoms with E-state index in [1.54, 1.807) is 0 Å². The van der Waals surface area contributed by atoms with Crippen LogP contribution in [0.4, 0.5) is 5.82 Å². The van der Waals surface area contributed by atoms with Crippen molar-refractivity contribution in [3.8, 4) is 0 Å². The Hall–Kier alpha value is -2.93. The zero-order valence-electron chi connectivity index (χ0n) is 19.6. The summed E-state index contributed by atoms with van der Waals surface area (Å²) in [6, 6.07) is 15.1. The molecule has 3 aromatic rings. The topological polar surface area (TPSA) is 77.2 Å². The molecule has 7 heteroatoms. The molecule has 2 fully saturated rings. The number of aromatic nitrogens is 3. The van der Waals surface area contributed by atoms with E-state index in [9.17, 15) is 4.79 Å². The first-order valence-electron chi connectivity index (χ1n) is 12.2. The molecule has 1 aromatic carbocycles. The smallest absolute Gasteiger partial charge is 0.225 e. The number of amides is 1. The fourth-order valence-electron chi connectivity index (χ4n) is 5.19. The summed E-state index contributed by atoms with van der Waals surface area (Å²) >= 11 is 0. The van der Waals surface area contributed by atoms with Crippen LogP contribution < -0.4 is 5.32 Å². The summed E-state index contributed by atoms with van der Waals surface area (Å²) in [7, 11) is 0. The van der Waals surface area contributed by atoms with Crippen LogP contribution >= 0.6 is 0 Å². The van der Waals surface area contributed by atoms with Gasteiger partial charge in [-0.05, 0) is 63.9 Å². The van der Waals surface area contributed by atoms with E-state index in [0.717, 1.165) is 74.5 Å². The van der Waals surface area contributed by atoms with Crippen molar-refractivity contribution >= 4 is 22.8 Å². The fraction of sp³-hybridized carbons (Fsp3) is 0.500. The summed E-state index contributed by atoms with van der Waals surface area (Å²) in [5, 5.41) is 11.9. The Balaban J connectivity index is 1.20. The number of benzene rings is 1. The van der Waals surface area contributed by atoms with Gasteiger partial charge < -0.3 is 15.1 Å². The van der Waals surface area contributed by atoms with Gasteiger partial charge in [-0.2, -0.15) is 5.10 Å². The molecular formula is C26H34N6O. The van der Waals surface area contributed by atoms with Crippen molar-refractivity contribution in [2.24, 2.45) is 5.92 Å². The van der Waals surface area contributed by atoms with Gasteiger partial charge in [0.1, 0.15) is 0 Å². The maximum absolute atomic E-state index is 13.1. The lowest BCUT2D eigenvalue weighted by Gasteiger charge is -2.35. The average molecular weight is 447 g/mol. The van der Waals surface area contributed by atoms with E-state index in [4.69, 9.17) is 4.98 Å². The summed E-state index contributed by atoms with van der Waals surface area (Å²) < 4.78 is 0. The molecule has 1 amide bonds. The number of carbonyl (C=O) groups is 1. The van der Waals surface area contributed by atoms with Crippen LogP contribution in [0.3, 0.4) is 0 Å². The Morgan fingerprint density at radius 1 is 1.09 bits per heavy atom. The van der Waals surface area contributed by atoms with Gasteiger partial charge in [-0.25, -0.2) is 4.98 Å². The van der Waals surface area contributed by atoms with E-state index in [2.05, 4.69) is 63.4 Å². The third-order valence-corrected chi connectivity index (χ3v) is 7.28. The summed E-state index contributed by atoms with van der Waals surface area (Å²) in [5.74, 6) is 1.64. The molecular weight excluding hydrogens is 412 g/mol. The Labute approximate surface area is 195 Å². The molecule has 0 saturated carbocycles. The highest BCUT2D eigenvalue weighted by Crippen LogP contribution is 2.31. The third-order valence-electron chi connectivity index (χ3n) is 7.28. The molecule has 0 radical (unpaired) electrons. The van der Waals surface area contributed by atoms with Crippen LogP contribution in [0.15, 0.2) is 42.5 Å². The number of hydrogen-bond donors (Lipinski definition) is 2. The minimum Gasteiger partial charge on any atom is -0.364 e. The number of H-pyrrole nitrogens is 1. The van der Waals surface area contributed by atoms with Crippen LogP contribution in [-0.4, -0.2) is 63.1 Å². The summed E-state index contributed by atoms with van der Waals surface area (Å²) in [6.07, 6.45) is 2.94. The lowest BCUT2D eigenvalue weighted by molar-refractivity contribution is -0.136. The third kappa shape index (κ3) is 4.74. The Bertz CT molecular complexity index is 1090. The van der Waals surface area contributed by atoms with Crippen LogP contribution in [-0.2, 0) is 11.3 Å². The molecule has 2 aromatic heterocycles. The standard InChI is InChI=1S/C26H34N6O/c1-18(2)31-13-10-20(11-14-31)26(33)32-15-12-21(17-32)23-9-8-22-24(29-30-25(22)28-23)27-16-19-6-4-3-5-7-19/h3-9,18,20-21H,10-17H2,1-2H3,(H2,27,28,29,30)/t21-/m0/s1. The molecule has 0 bridgehead atoms. The molecule has 2 N–H and O–H groups in total. The second-order valence-electron chi connectivity index (χ2n) is 9.72. The molecule has 33 heavy (non-hydrogen) atoms. The Morgan fingerprint density at radius 2 is 1.88 bits per heavy atom. The van der Waals surface area contributed by atoms with Crippen LogP contribution in [0, 0.1) is 5.92 Å². The molecule has 0 aliphatic carbocycles. The Morgan fingerprint density at radius 3 is 2.64 bits per heavy atom. The number of pyridine rings is 1. The SMILES string of the molecule is CC(C)N1CCC(C(=O)N2CC[C@H](c3ccc4c(NCc5ccccc5)n[nH]c4n3)C2)CC1. The van der Waals surface area contributed by atoms with Crippen LogP contribution in [0.25, 0.3) is 11.0 Å². The van der Waals surface area contributed by atoms with Crippen molar-refractivity contribution in [2.45, 2.75) is 51.6 Å². The van der Waals surface area contributed by atoms with Gasteiger partial charge in [0.05, 0.1) is 5.39 Å². The van der Waals surface area contributed by atoms with E-state index in [1.165, 1.54) is 5.56 Å². The number of nitrogens with one attached hydrogen (secondary N) is 2. The highest BCUT2D eigenvalue weighted by Gasteiger charge is 2.34. The number of anilines is 1. The lowest BCUT2D eigenvalue weighted by Crippen LogP contribution is -2.43. The minimum atomic E-state index is 0.181. The van der Waals surface area contributed by atoms with Gasteiger partial charge in [0, 0.05) is 43.2 Å². The maximum Gasteiger partial charge on any atom is 0.225 e. The number of carbonyl (C=O) groups excluding carboxylic acids is 1. The molecule has 2 aliphatic heterocycles. The number of aromatic amines is 1. The quantitative estimate of drug-likeness (QED) is 0.598. The van der Waals surface area contributed by atoms with Crippen molar-refractivity contribution in [1.29, 1.82) is 0 Å². The van der Waals surface area contributed by atoms with Crippen molar-refractivity contribution in [3.05, 3.63) is 53.7 Å². The van der Waals surface area contributed by atoms with E-state index >= 15 is 0 Å². The number of likely N-dealkylation sites (tertiary alicyclic amines) is 2. The Kier molecular flexibility index (Phi) is 6.31. The first kappa shape index (κ1) is 21.9. The molecule has 2 saturated heterocycles. The molecule has 1 atom stereocenters. The van der Waals surface area contributed by atoms with E-state index in [-0.39, 0.29) is 11.8 Å². The number of nitrogens with zero attached hydrogens (tertiary/aromatic N) is 4. The monoisotopic (exact) mass is 446 g/mol. The average Bonchev–Trinajstić information content (AvgIpc) is 3.50. The molecule has 0 unspecified atom stereocenters. The number of rotatable bonds is 6. The summed E-state index contributed by atoms with van der Waals surface area (Å²) in [5.41, 5.74) is 3.06. The summed E-state index contributed by atoms with van der Waals surface area (Å²) in [6.45, 7) is 8.86. The van der Waals surface area contributed by atoms with Crippen LogP contribution in [0.2, 0.25) is 0 Å². The van der Waals surface area contributed by atoms with E-state index in [1.807, 2.05) is 18.2 Å². The van der Waals surface area contributed by atoms with E-state index in [0.29, 0.717) is 11.9 Å². The van der Waals surface area contributed by atoms with Crippen molar-refractivity contribution in [3.63, 3.8) is 0 Å². The van der Waals surface area contributed by atoms with Crippen molar-refractivity contribution in [2.75, 3.05) is 31.5 Å². The van der Waals surface area contributed by atoms with Gasteiger partial charge in [-0.15, -0.1) is 0 Å². The predicted molar refractivity (Wildman–Crippen MR) is 131 cm³/mol. The van der Waals surface area contributed by atoms with Gasteiger partial charge in [-0.1, -0.05) is 30.3 Å².